The number of thiazole rings is 1. The van der Waals surface area contributed by atoms with Crippen LogP contribution in [0, 0.1) is 6.92 Å². The number of anilines is 1. The van der Waals surface area contributed by atoms with E-state index in [9.17, 15) is 18.0 Å². The van der Waals surface area contributed by atoms with Crippen LogP contribution in [0.15, 0.2) is 33.3 Å². The molecule has 1 heterocycles. The summed E-state index contributed by atoms with van der Waals surface area (Å²) in [6.45, 7) is 1.50. The average molecular weight is 327 g/mol. The number of H-pyrrole nitrogens is 1. The fourth-order valence-electron chi connectivity index (χ4n) is 1.80. The van der Waals surface area contributed by atoms with Crippen molar-refractivity contribution < 1.29 is 13.2 Å². The van der Waals surface area contributed by atoms with Gasteiger partial charge in [0.2, 0.25) is 5.91 Å². The number of nitrogens with one attached hydrogen (secondary N) is 2. The van der Waals surface area contributed by atoms with Gasteiger partial charge in [0.25, 0.3) is 10.0 Å². The van der Waals surface area contributed by atoms with Crippen LogP contribution in [-0.2, 0) is 21.2 Å². The standard InChI is InChI=1S/C12H13N3O4S2/c1-7-11(20-12(17)14-7)21(18,19)15-9-5-3-2-4-8(9)6-10(13)16/h2-5,15H,6H2,1H3,(H2,13,16)(H,14,17). The molecule has 1 aromatic carbocycles. The molecule has 112 valence electrons. The largest absolute Gasteiger partial charge is 0.369 e. The topological polar surface area (TPSA) is 122 Å². The molecular weight excluding hydrogens is 314 g/mol. The van der Waals surface area contributed by atoms with Gasteiger partial charge in [-0.25, -0.2) is 8.42 Å². The predicted octanol–water partition coefficient (Wildman–Crippen LogP) is 0.573. The molecule has 2 aromatic rings. The molecule has 0 atom stereocenters. The highest BCUT2D eigenvalue weighted by atomic mass is 32.2. The third-order valence-electron chi connectivity index (χ3n) is 2.65. The highest BCUT2D eigenvalue weighted by Gasteiger charge is 2.21. The number of aromatic nitrogens is 1. The Morgan fingerprint density at radius 3 is 2.62 bits per heavy atom. The number of hydrogen-bond acceptors (Lipinski definition) is 5. The van der Waals surface area contributed by atoms with Crippen LogP contribution in [-0.4, -0.2) is 19.3 Å². The molecule has 4 N–H and O–H groups in total. The lowest BCUT2D eigenvalue weighted by molar-refractivity contribution is -0.117. The summed E-state index contributed by atoms with van der Waals surface area (Å²) in [5.41, 5.74) is 6.13. The van der Waals surface area contributed by atoms with Crippen molar-refractivity contribution in [3.8, 4) is 0 Å². The zero-order valence-corrected chi connectivity index (χ0v) is 12.7. The van der Waals surface area contributed by atoms with Crippen LogP contribution >= 0.6 is 11.3 Å². The Morgan fingerprint density at radius 1 is 1.38 bits per heavy atom. The fraction of sp³-hybridized carbons (Fsp3) is 0.167. The SMILES string of the molecule is Cc1[nH]c(=O)sc1S(=O)(=O)Nc1ccccc1CC(N)=O. The molecule has 0 radical (unpaired) electrons. The Labute approximate surface area is 124 Å². The van der Waals surface area contributed by atoms with Gasteiger partial charge >= 0.3 is 4.87 Å². The maximum atomic E-state index is 12.3. The molecule has 9 heteroatoms. The molecule has 0 fully saturated rings. The van der Waals surface area contributed by atoms with Crippen LogP contribution in [0.1, 0.15) is 11.3 Å². The number of primary amides is 1. The first-order valence-electron chi connectivity index (χ1n) is 5.88. The molecule has 0 aliphatic rings. The number of para-hydroxylation sites is 1. The van der Waals surface area contributed by atoms with Crippen LogP contribution in [0.2, 0.25) is 0 Å². The summed E-state index contributed by atoms with van der Waals surface area (Å²) in [5, 5.41) is 0. The summed E-state index contributed by atoms with van der Waals surface area (Å²) < 4.78 is 26.9. The van der Waals surface area contributed by atoms with E-state index in [0.717, 1.165) is 0 Å². The summed E-state index contributed by atoms with van der Waals surface area (Å²) in [4.78, 5) is 24.2. The van der Waals surface area contributed by atoms with Crippen LogP contribution < -0.4 is 15.3 Å². The molecule has 0 aliphatic heterocycles. The van der Waals surface area contributed by atoms with Gasteiger partial charge in [-0.3, -0.25) is 14.3 Å². The number of amides is 1. The summed E-state index contributed by atoms with van der Waals surface area (Å²) >= 11 is 0.607. The number of hydrogen-bond donors (Lipinski definition) is 3. The average Bonchev–Trinajstić information content (AvgIpc) is 2.71. The van der Waals surface area contributed by atoms with Gasteiger partial charge in [-0.2, -0.15) is 0 Å². The minimum Gasteiger partial charge on any atom is -0.369 e. The highest BCUT2D eigenvalue weighted by molar-refractivity contribution is 7.94. The van der Waals surface area contributed by atoms with Gasteiger partial charge in [0.1, 0.15) is 0 Å². The van der Waals surface area contributed by atoms with Gasteiger partial charge in [0.05, 0.1) is 12.1 Å². The van der Waals surface area contributed by atoms with Crippen molar-refractivity contribution >= 4 is 33.0 Å². The smallest absolute Gasteiger partial charge is 0.306 e. The number of sulfonamides is 1. The summed E-state index contributed by atoms with van der Waals surface area (Å²) in [7, 11) is -3.90. The molecular formula is C12H13N3O4S2. The molecule has 0 aliphatic carbocycles. The van der Waals surface area contributed by atoms with E-state index < -0.39 is 20.8 Å². The number of benzene rings is 1. The Kier molecular flexibility index (Phi) is 4.14. The first-order valence-corrected chi connectivity index (χ1v) is 8.18. The van der Waals surface area contributed by atoms with Crippen molar-refractivity contribution in [2.75, 3.05) is 4.72 Å². The number of carbonyl (C=O) groups is 1. The van der Waals surface area contributed by atoms with Gasteiger partial charge < -0.3 is 10.7 Å². The quantitative estimate of drug-likeness (QED) is 0.743. The Hall–Kier alpha value is -2.13. The monoisotopic (exact) mass is 327 g/mol. The van der Waals surface area contributed by atoms with E-state index >= 15 is 0 Å². The number of carbonyl (C=O) groups excluding carboxylic acids is 1. The lowest BCUT2D eigenvalue weighted by atomic mass is 10.1. The van der Waals surface area contributed by atoms with Crippen molar-refractivity contribution in [1.82, 2.24) is 4.98 Å². The first-order chi connectivity index (χ1) is 9.79. The van der Waals surface area contributed by atoms with E-state index in [2.05, 4.69) is 9.71 Å². The predicted molar refractivity (Wildman–Crippen MR) is 79.8 cm³/mol. The summed E-state index contributed by atoms with van der Waals surface area (Å²) in [6.07, 6.45) is -0.0823. The molecule has 0 saturated carbocycles. The van der Waals surface area contributed by atoms with Crippen LogP contribution in [0.4, 0.5) is 5.69 Å². The Bertz CT molecular complexity index is 836. The second-order valence-corrected chi connectivity index (χ2v) is 7.19. The van der Waals surface area contributed by atoms with Gasteiger partial charge in [-0.1, -0.05) is 29.5 Å². The lowest BCUT2D eigenvalue weighted by Crippen LogP contribution is -2.18. The van der Waals surface area contributed by atoms with Crippen molar-refractivity contribution in [3.05, 3.63) is 45.2 Å². The third-order valence-corrected chi connectivity index (χ3v) is 5.62. The van der Waals surface area contributed by atoms with Crippen molar-refractivity contribution in [3.63, 3.8) is 0 Å². The zero-order valence-electron chi connectivity index (χ0n) is 11.0. The van der Waals surface area contributed by atoms with E-state index in [1.807, 2.05) is 0 Å². The van der Waals surface area contributed by atoms with Crippen molar-refractivity contribution in [1.29, 1.82) is 0 Å². The van der Waals surface area contributed by atoms with Gasteiger partial charge in [0.15, 0.2) is 4.21 Å². The van der Waals surface area contributed by atoms with Gasteiger partial charge in [-0.15, -0.1) is 0 Å². The fourth-order valence-corrected chi connectivity index (χ4v) is 4.20. The number of rotatable bonds is 5. The van der Waals surface area contributed by atoms with Gasteiger partial charge in [-0.05, 0) is 18.6 Å². The van der Waals surface area contributed by atoms with Crippen molar-refractivity contribution in [2.24, 2.45) is 5.73 Å². The normalized spacial score (nSPS) is 11.3. The minimum absolute atomic E-state index is 0.0821. The number of aryl methyl sites for hydroxylation is 1. The van der Waals surface area contributed by atoms with E-state index in [1.54, 1.807) is 18.2 Å². The van der Waals surface area contributed by atoms with E-state index in [0.29, 0.717) is 16.9 Å². The summed E-state index contributed by atoms with van der Waals surface area (Å²) in [6, 6.07) is 6.44. The first kappa shape index (κ1) is 15.3. The van der Waals surface area contributed by atoms with Crippen molar-refractivity contribution in [2.45, 2.75) is 17.6 Å². The second-order valence-electron chi connectivity index (χ2n) is 4.33. The number of aromatic amines is 1. The molecule has 2 rings (SSSR count). The van der Waals surface area contributed by atoms with Crippen LogP contribution in [0.25, 0.3) is 0 Å². The van der Waals surface area contributed by atoms with Crippen LogP contribution in [0.5, 0.6) is 0 Å². The Balaban J connectivity index is 2.40. The molecule has 1 amide bonds. The molecule has 7 nitrogen and oxygen atoms in total. The van der Waals surface area contributed by atoms with E-state index in [-0.39, 0.29) is 22.0 Å². The zero-order chi connectivity index (χ0) is 15.6. The maximum absolute atomic E-state index is 12.3. The molecule has 0 bridgehead atoms. The molecule has 1 aromatic heterocycles. The molecule has 0 spiro atoms. The van der Waals surface area contributed by atoms with Crippen LogP contribution in [0.3, 0.4) is 0 Å². The Morgan fingerprint density at radius 2 is 2.05 bits per heavy atom. The molecule has 0 unspecified atom stereocenters. The second kappa shape index (κ2) is 5.70. The number of nitrogens with two attached hydrogens (primary N) is 1. The maximum Gasteiger partial charge on any atom is 0.306 e. The third kappa shape index (κ3) is 3.50. The summed E-state index contributed by atoms with van der Waals surface area (Å²) in [5.74, 6) is -0.566. The van der Waals surface area contributed by atoms with E-state index in [4.69, 9.17) is 5.73 Å². The molecule has 21 heavy (non-hydrogen) atoms. The highest BCUT2D eigenvalue weighted by Crippen LogP contribution is 2.23. The lowest BCUT2D eigenvalue weighted by Gasteiger charge is -2.11. The molecule has 0 saturated heterocycles. The van der Waals surface area contributed by atoms with E-state index in [1.165, 1.54) is 13.0 Å². The van der Waals surface area contributed by atoms with Gasteiger partial charge in [0, 0.05) is 5.69 Å². The minimum atomic E-state index is -3.90.